The molecule has 1 unspecified atom stereocenters. The van der Waals surface area contributed by atoms with E-state index >= 15 is 0 Å². The van der Waals surface area contributed by atoms with Gasteiger partial charge in [-0.25, -0.2) is 4.98 Å². The van der Waals surface area contributed by atoms with E-state index in [0.717, 1.165) is 47.8 Å². The van der Waals surface area contributed by atoms with Crippen molar-refractivity contribution in [2.45, 2.75) is 43.2 Å². The fourth-order valence-electron chi connectivity index (χ4n) is 4.32. The molecular weight excluding hydrogens is 498 g/mol. The van der Waals surface area contributed by atoms with E-state index in [2.05, 4.69) is 30.3 Å². The first-order valence-corrected chi connectivity index (χ1v) is 14.0. The second-order valence-corrected chi connectivity index (χ2v) is 11.0. The number of carbonyl (C=O) groups is 1. The number of amides is 1. The molecule has 4 heterocycles. The first-order chi connectivity index (χ1) is 17.6. The molecule has 2 fully saturated rings. The molecule has 1 amide bonds. The van der Waals surface area contributed by atoms with Crippen LogP contribution in [0.3, 0.4) is 0 Å². The van der Waals surface area contributed by atoms with Crippen molar-refractivity contribution in [3.05, 3.63) is 46.8 Å². The third-order valence-corrected chi connectivity index (χ3v) is 8.32. The average Bonchev–Trinajstić information content (AvgIpc) is 3.41. The lowest BCUT2D eigenvalue weighted by molar-refractivity contribution is -0.125. The van der Waals surface area contributed by atoms with Gasteiger partial charge in [0.1, 0.15) is 17.6 Å². The third kappa shape index (κ3) is 4.74. The number of hydrogen-bond acceptors (Lipinski definition) is 10. The number of rotatable bonds is 7. The van der Waals surface area contributed by atoms with Gasteiger partial charge < -0.3 is 14.7 Å². The molecule has 0 spiro atoms. The zero-order valence-corrected chi connectivity index (χ0v) is 21.3. The van der Waals surface area contributed by atoms with E-state index in [1.807, 2.05) is 30.5 Å². The highest BCUT2D eigenvalue weighted by Gasteiger charge is 2.31. The van der Waals surface area contributed by atoms with Crippen LogP contribution in [0.5, 0.6) is 0 Å². The number of fused-ring (bicyclic) bond motifs is 1. The van der Waals surface area contributed by atoms with Crippen molar-refractivity contribution in [2.24, 2.45) is 5.92 Å². The fourth-order valence-corrected chi connectivity index (χ4v) is 5.73. The molecule has 2 aliphatic rings. The summed E-state index contributed by atoms with van der Waals surface area (Å²) in [6, 6.07) is 8.25. The quantitative estimate of drug-likeness (QED) is 0.364. The Morgan fingerprint density at radius 3 is 2.83 bits per heavy atom. The SMILES string of the molecule is CSc1ccc(-c2noc(Cn3cnc4nc(N5CCCC(C(=O)NC6CC6)C5)sc4c3=O)n2)cc1. The van der Waals surface area contributed by atoms with Gasteiger partial charge in [0, 0.05) is 29.6 Å². The van der Waals surface area contributed by atoms with Crippen molar-refractivity contribution >= 4 is 44.5 Å². The van der Waals surface area contributed by atoms with Crippen molar-refractivity contribution in [1.82, 2.24) is 30.0 Å². The highest BCUT2D eigenvalue weighted by Crippen LogP contribution is 2.30. The van der Waals surface area contributed by atoms with Crippen molar-refractivity contribution in [2.75, 3.05) is 24.2 Å². The van der Waals surface area contributed by atoms with Crippen molar-refractivity contribution < 1.29 is 9.32 Å². The van der Waals surface area contributed by atoms with E-state index in [4.69, 9.17) is 4.52 Å². The van der Waals surface area contributed by atoms with Gasteiger partial charge in [0.25, 0.3) is 5.56 Å². The van der Waals surface area contributed by atoms with Gasteiger partial charge in [-0.15, -0.1) is 11.8 Å². The highest BCUT2D eigenvalue weighted by atomic mass is 32.2. The van der Waals surface area contributed by atoms with Crippen LogP contribution >= 0.6 is 23.1 Å². The standard InChI is InChI=1S/C24H25N7O3S2/c1-35-17-8-4-14(5-9-17)20-27-18(34-29-20)12-31-13-25-21-19(23(31)33)36-24(28-21)30-10-2-3-15(11-30)22(32)26-16-6-7-16/h4-5,8-9,13,15-16H,2-3,6-7,10-12H2,1H3,(H,26,32). The van der Waals surface area contributed by atoms with Gasteiger partial charge >= 0.3 is 0 Å². The van der Waals surface area contributed by atoms with E-state index in [-0.39, 0.29) is 23.9 Å². The molecule has 4 aromatic rings. The van der Waals surface area contributed by atoms with Crippen LogP contribution in [0.25, 0.3) is 21.7 Å². The summed E-state index contributed by atoms with van der Waals surface area (Å²) in [7, 11) is 0. The lowest BCUT2D eigenvalue weighted by Gasteiger charge is -2.31. The summed E-state index contributed by atoms with van der Waals surface area (Å²) in [5.41, 5.74) is 1.07. The Bertz CT molecular complexity index is 1460. The number of nitrogens with zero attached hydrogens (tertiary/aromatic N) is 6. The minimum atomic E-state index is -0.201. The second-order valence-electron chi connectivity index (χ2n) is 9.14. The molecule has 1 aromatic carbocycles. The third-order valence-electron chi connectivity index (χ3n) is 6.48. The molecule has 1 aliphatic carbocycles. The number of benzene rings is 1. The molecule has 10 nitrogen and oxygen atoms in total. The first-order valence-electron chi connectivity index (χ1n) is 12.0. The summed E-state index contributed by atoms with van der Waals surface area (Å²) < 4.78 is 7.34. The Labute approximate surface area is 215 Å². The maximum absolute atomic E-state index is 13.2. The lowest BCUT2D eigenvalue weighted by Crippen LogP contribution is -2.43. The van der Waals surface area contributed by atoms with Crippen molar-refractivity contribution in [1.29, 1.82) is 0 Å². The normalized spacial score (nSPS) is 18.0. The van der Waals surface area contributed by atoms with Crippen LogP contribution < -0.4 is 15.8 Å². The second kappa shape index (κ2) is 9.66. The molecule has 1 atom stereocenters. The zero-order chi connectivity index (χ0) is 24.6. The van der Waals surface area contributed by atoms with E-state index in [1.54, 1.807) is 11.8 Å². The first kappa shape index (κ1) is 23.2. The van der Waals surface area contributed by atoms with E-state index in [9.17, 15) is 9.59 Å². The van der Waals surface area contributed by atoms with Crippen molar-refractivity contribution in [3.8, 4) is 11.4 Å². The summed E-state index contributed by atoms with van der Waals surface area (Å²) in [5.74, 6) is 0.875. The summed E-state index contributed by atoms with van der Waals surface area (Å²) in [6.45, 7) is 1.54. The number of carbonyl (C=O) groups excluding carboxylic acids is 1. The summed E-state index contributed by atoms with van der Waals surface area (Å²) >= 11 is 2.98. The molecular formula is C24H25N7O3S2. The van der Waals surface area contributed by atoms with Gasteiger partial charge in [-0.3, -0.25) is 14.2 Å². The van der Waals surface area contributed by atoms with Crippen LogP contribution in [0.2, 0.25) is 0 Å². The molecule has 12 heteroatoms. The Kier molecular flexibility index (Phi) is 6.22. The minimum Gasteiger partial charge on any atom is -0.353 e. The number of thiazole rings is 1. The Balaban J connectivity index is 1.19. The fraction of sp³-hybridized carbons (Fsp3) is 0.417. The molecule has 1 aliphatic heterocycles. The van der Waals surface area contributed by atoms with Gasteiger partial charge in [0.2, 0.25) is 17.6 Å². The van der Waals surface area contributed by atoms with E-state index < -0.39 is 0 Å². The van der Waals surface area contributed by atoms with Gasteiger partial charge in [-0.2, -0.15) is 9.97 Å². The molecule has 36 heavy (non-hydrogen) atoms. The lowest BCUT2D eigenvalue weighted by atomic mass is 9.97. The van der Waals surface area contributed by atoms with Crippen molar-refractivity contribution in [3.63, 3.8) is 0 Å². The Hall–Kier alpha value is -3.25. The van der Waals surface area contributed by atoms with E-state index in [1.165, 1.54) is 22.2 Å². The molecule has 1 saturated carbocycles. The van der Waals surface area contributed by atoms with Gasteiger partial charge in [0.15, 0.2) is 10.8 Å². The monoisotopic (exact) mass is 523 g/mol. The smallest absolute Gasteiger partial charge is 0.273 e. The van der Waals surface area contributed by atoms with Gasteiger partial charge in [-0.05, 0) is 56.2 Å². The zero-order valence-electron chi connectivity index (χ0n) is 19.7. The van der Waals surface area contributed by atoms with Crippen LogP contribution in [0.4, 0.5) is 5.13 Å². The topological polar surface area (TPSA) is 119 Å². The maximum Gasteiger partial charge on any atom is 0.273 e. The number of nitrogens with one attached hydrogen (secondary N) is 1. The molecule has 0 bridgehead atoms. The summed E-state index contributed by atoms with van der Waals surface area (Å²) in [4.78, 5) is 42.5. The van der Waals surface area contributed by atoms with Gasteiger partial charge in [0.05, 0.1) is 5.92 Å². The minimum absolute atomic E-state index is 0.0559. The van der Waals surface area contributed by atoms with Crippen LogP contribution in [-0.2, 0) is 11.3 Å². The number of anilines is 1. The van der Waals surface area contributed by atoms with Crippen LogP contribution in [0, 0.1) is 5.92 Å². The highest BCUT2D eigenvalue weighted by molar-refractivity contribution is 7.98. The number of piperidine rings is 1. The van der Waals surface area contributed by atoms with E-state index in [0.29, 0.717) is 34.6 Å². The summed E-state index contributed by atoms with van der Waals surface area (Å²) in [6.07, 6.45) is 7.43. The Morgan fingerprint density at radius 2 is 2.06 bits per heavy atom. The predicted molar refractivity (Wildman–Crippen MR) is 138 cm³/mol. The molecule has 1 N–H and O–H groups in total. The van der Waals surface area contributed by atoms with Gasteiger partial charge in [-0.1, -0.05) is 16.5 Å². The average molecular weight is 524 g/mol. The maximum atomic E-state index is 13.2. The van der Waals surface area contributed by atoms with Crippen LogP contribution in [0.1, 0.15) is 31.6 Å². The number of hydrogen-bond donors (Lipinski definition) is 1. The number of aromatic nitrogens is 5. The molecule has 186 valence electrons. The molecule has 0 radical (unpaired) electrons. The predicted octanol–water partition coefficient (Wildman–Crippen LogP) is 3.17. The largest absolute Gasteiger partial charge is 0.353 e. The summed E-state index contributed by atoms with van der Waals surface area (Å²) in [5, 5.41) is 7.90. The number of thioether (sulfide) groups is 1. The van der Waals surface area contributed by atoms with Crippen LogP contribution in [-0.4, -0.2) is 56.0 Å². The Morgan fingerprint density at radius 1 is 1.22 bits per heavy atom. The molecule has 3 aromatic heterocycles. The van der Waals surface area contributed by atoms with Crippen LogP contribution in [0.15, 0.2) is 44.8 Å². The molecule has 6 rings (SSSR count). The molecule has 1 saturated heterocycles.